The van der Waals surface area contributed by atoms with Gasteiger partial charge in [0.15, 0.2) is 5.96 Å². The van der Waals surface area contributed by atoms with Crippen LogP contribution in [0.25, 0.3) is 0 Å². The zero-order chi connectivity index (χ0) is 22.6. The molecule has 0 aliphatic carbocycles. The first kappa shape index (κ1) is 24.6. The Balaban J connectivity index is 1.42. The number of aliphatic imine (C=N–C) groups is 1. The molecule has 8 heteroatoms. The fourth-order valence-corrected chi connectivity index (χ4v) is 4.17. The second-order valence-electron chi connectivity index (χ2n) is 8.38. The lowest BCUT2D eigenvalue weighted by molar-refractivity contribution is -0.0318. The maximum Gasteiger partial charge on any atom is 0.191 e. The highest BCUT2D eigenvalue weighted by Crippen LogP contribution is 2.24. The minimum absolute atomic E-state index is 0.355. The molecule has 0 amide bonds. The number of nitrogens with one attached hydrogen (secondary N) is 2. The fourth-order valence-electron chi connectivity index (χ4n) is 4.17. The van der Waals surface area contributed by atoms with Crippen molar-refractivity contribution in [3.63, 3.8) is 0 Å². The zero-order valence-corrected chi connectivity index (χ0v) is 19.9. The van der Waals surface area contributed by atoms with Crippen LogP contribution in [-0.2, 0) is 16.0 Å². The van der Waals surface area contributed by atoms with E-state index >= 15 is 0 Å². The molecule has 2 N–H and O–H groups in total. The van der Waals surface area contributed by atoms with E-state index in [-0.39, 0.29) is 0 Å². The summed E-state index contributed by atoms with van der Waals surface area (Å²) >= 11 is 0. The Bertz CT molecular complexity index is 687. The van der Waals surface area contributed by atoms with Crippen molar-refractivity contribution in [3.05, 3.63) is 23.8 Å². The molecule has 0 saturated carbocycles. The van der Waals surface area contributed by atoms with E-state index in [0.717, 1.165) is 95.7 Å². The number of nitrogens with zero attached hydrogens (tertiary/aromatic N) is 2. The van der Waals surface area contributed by atoms with Crippen molar-refractivity contribution in [1.82, 2.24) is 15.5 Å². The highest BCUT2D eigenvalue weighted by Gasteiger charge is 2.23. The van der Waals surface area contributed by atoms with Crippen molar-refractivity contribution >= 4 is 5.96 Å². The monoisotopic (exact) mass is 448 g/mol. The minimum atomic E-state index is 0.355. The normalized spacial score (nSPS) is 20.3. The van der Waals surface area contributed by atoms with Crippen LogP contribution in [0.4, 0.5) is 0 Å². The molecule has 2 fully saturated rings. The summed E-state index contributed by atoms with van der Waals surface area (Å²) in [6.45, 7) is 9.03. The summed E-state index contributed by atoms with van der Waals surface area (Å²) in [5.41, 5.74) is 1.20. The van der Waals surface area contributed by atoms with Gasteiger partial charge in [-0.25, -0.2) is 0 Å². The van der Waals surface area contributed by atoms with Gasteiger partial charge in [0, 0.05) is 64.7 Å². The van der Waals surface area contributed by atoms with Gasteiger partial charge in [0.1, 0.15) is 11.5 Å². The van der Waals surface area contributed by atoms with Crippen LogP contribution in [0.15, 0.2) is 23.2 Å². The third-order valence-corrected chi connectivity index (χ3v) is 5.87. The number of hydrogen-bond donors (Lipinski definition) is 2. The predicted molar refractivity (Wildman–Crippen MR) is 127 cm³/mol. The number of hydrogen-bond acceptors (Lipinski definition) is 6. The molecule has 180 valence electrons. The number of likely N-dealkylation sites (tertiary alicyclic amines) is 1. The molecule has 2 aliphatic rings. The van der Waals surface area contributed by atoms with E-state index in [1.165, 1.54) is 5.56 Å². The Kier molecular flexibility index (Phi) is 10.4. The highest BCUT2D eigenvalue weighted by molar-refractivity contribution is 5.80. The van der Waals surface area contributed by atoms with Crippen molar-refractivity contribution in [2.24, 2.45) is 4.99 Å². The molecular formula is C24H40N4O4. The second-order valence-corrected chi connectivity index (χ2v) is 8.38. The first-order valence-electron chi connectivity index (χ1n) is 11.9. The summed E-state index contributed by atoms with van der Waals surface area (Å²) in [6.07, 6.45) is 4.40. The van der Waals surface area contributed by atoms with Crippen molar-refractivity contribution in [2.75, 3.05) is 60.2 Å². The third-order valence-electron chi connectivity index (χ3n) is 5.87. The van der Waals surface area contributed by atoms with E-state index in [1.54, 1.807) is 14.2 Å². The maximum atomic E-state index is 5.95. The van der Waals surface area contributed by atoms with Crippen LogP contribution in [0.5, 0.6) is 11.5 Å². The zero-order valence-electron chi connectivity index (χ0n) is 19.9. The molecule has 0 spiro atoms. The Morgan fingerprint density at radius 3 is 2.56 bits per heavy atom. The third kappa shape index (κ3) is 8.15. The molecule has 3 rings (SSSR count). The molecule has 2 aliphatic heterocycles. The second kappa shape index (κ2) is 13.5. The summed E-state index contributed by atoms with van der Waals surface area (Å²) in [4.78, 5) is 7.21. The molecule has 1 atom stereocenters. The standard InChI is InChI=1S/C24H40N4O4/c1-4-25-24(26-9-5-11-32-21-7-12-31-13-8-21)27-20-6-10-28(18-20)17-19-14-22(29-2)16-23(15-19)30-3/h14-16,20-21H,4-13,17-18H2,1-3H3,(H2,25,26,27). The smallest absolute Gasteiger partial charge is 0.191 e. The van der Waals surface area contributed by atoms with Gasteiger partial charge in [-0.05, 0) is 50.3 Å². The van der Waals surface area contributed by atoms with E-state index < -0.39 is 0 Å². The van der Waals surface area contributed by atoms with Crippen LogP contribution in [0.2, 0.25) is 0 Å². The summed E-state index contributed by atoms with van der Waals surface area (Å²) in [5.74, 6) is 2.56. The topological polar surface area (TPSA) is 76.6 Å². The minimum Gasteiger partial charge on any atom is -0.497 e. The van der Waals surface area contributed by atoms with Crippen LogP contribution in [0.1, 0.15) is 38.2 Å². The number of methoxy groups -OCH3 is 2. The quantitative estimate of drug-likeness (QED) is 0.306. The Hall–Kier alpha value is -2.03. The van der Waals surface area contributed by atoms with E-state index in [4.69, 9.17) is 23.9 Å². The summed E-state index contributed by atoms with van der Waals surface area (Å²) in [7, 11) is 3.38. The Morgan fingerprint density at radius 1 is 1.12 bits per heavy atom. The van der Waals surface area contributed by atoms with Gasteiger partial charge >= 0.3 is 0 Å². The Labute approximate surface area is 192 Å². The van der Waals surface area contributed by atoms with Crippen molar-refractivity contribution in [2.45, 2.75) is 51.3 Å². The molecule has 2 heterocycles. The lowest BCUT2D eigenvalue weighted by Crippen LogP contribution is -2.44. The van der Waals surface area contributed by atoms with E-state index in [1.807, 2.05) is 6.07 Å². The molecule has 32 heavy (non-hydrogen) atoms. The van der Waals surface area contributed by atoms with Crippen LogP contribution < -0.4 is 20.1 Å². The molecule has 1 aromatic carbocycles. The average Bonchev–Trinajstić information content (AvgIpc) is 3.25. The van der Waals surface area contributed by atoms with Gasteiger partial charge in [0.2, 0.25) is 0 Å². The van der Waals surface area contributed by atoms with Crippen molar-refractivity contribution in [1.29, 1.82) is 0 Å². The summed E-state index contributed by atoms with van der Waals surface area (Å²) in [5, 5.41) is 6.98. The van der Waals surface area contributed by atoms with Gasteiger partial charge in [-0.3, -0.25) is 9.89 Å². The number of ether oxygens (including phenoxy) is 4. The molecular weight excluding hydrogens is 408 g/mol. The van der Waals surface area contributed by atoms with Gasteiger partial charge in [-0.2, -0.15) is 0 Å². The predicted octanol–water partition coefficient (Wildman–Crippen LogP) is 2.42. The van der Waals surface area contributed by atoms with Crippen LogP contribution >= 0.6 is 0 Å². The number of guanidine groups is 1. The van der Waals surface area contributed by atoms with Gasteiger partial charge in [-0.15, -0.1) is 0 Å². The van der Waals surface area contributed by atoms with Crippen LogP contribution in [0.3, 0.4) is 0 Å². The molecule has 2 saturated heterocycles. The molecule has 8 nitrogen and oxygen atoms in total. The van der Waals surface area contributed by atoms with E-state index in [9.17, 15) is 0 Å². The highest BCUT2D eigenvalue weighted by atomic mass is 16.5. The number of rotatable bonds is 11. The van der Waals surface area contributed by atoms with Gasteiger partial charge in [-0.1, -0.05) is 0 Å². The fraction of sp³-hybridized carbons (Fsp3) is 0.708. The maximum absolute atomic E-state index is 5.95. The lowest BCUT2D eigenvalue weighted by Gasteiger charge is -2.22. The largest absolute Gasteiger partial charge is 0.497 e. The molecule has 1 unspecified atom stereocenters. The van der Waals surface area contributed by atoms with E-state index in [0.29, 0.717) is 12.1 Å². The van der Waals surface area contributed by atoms with Gasteiger partial charge in [0.25, 0.3) is 0 Å². The average molecular weight is 449 g/mol. The van der Waals surface area contributed by atoms with Gasteiger partial charge in [0.05, 0.1) is 20.3 Å². The first-order valence-corrected chi connectivity index (χ1v) is 11.9. The van der Waals surface area contributed by atoms with E-state index in [2.05, 4.69) is 34.6 Å². The van der Waals surface area contributed by atoms with Gasteiger partial charge < -0.3 is 29.6 Å². The Morgan fingerprint density at radius 2 is 1.88 bits per heavy atom. The SMILES string of the molecule is CCNC(=NCCCOC1CCOCC1)NC1CCN(Cc2cc(OC)cc(OC)c2)C1. The molecule has 0 bridgehead atoms. The summed E-state index contributed by atoms with van der Waals surface area (Å²) in [6, 6.07) is 6.46. The number of benzene rings is 1. The van der Waals surface area contributed by atoms with Crippen LogP contribution in [0, 0.1) is 0 Å². The summed E-state index contributed by atoms with van der Waals surface area (Å²) < 4.78 is 22.1. The van der Waals surface area contributed by atoms with Crippen LogP contribution in [-0.4, -0.2) is 83.2 Å². The molecule has 0 radical (unpaired) electrons. The van der Waals surface area contributed by atoms with Crippen molar-refractivity contribution in [3.8, 4) is 11.5 Å². The van der Waals surface area contributed by atoms with Crippen molar-refractivity contribution < 1.29 is 18.9 Å². The molecule has 1 aromatic rings. The molecule has 0 aromatic heterocycles. The lowest BCUT2D eigenvalue weighted by atomic mass is 10.1. The first-order chi connectivity index (χ1) is 15.7.